The van der Waals surface area contributed by atoms with Gasteiger partial charge in [0.05, 0.1) is 6.21 Å². The second kappa shape index (κ2) is 5.28. The van der Waals surface area contributed by atoms with Crippen molar-refractivity contribution in [2.75, 3.05) is 0 Å². The van der Waals surface area contributed by atoms with Gasteiger partial charge >= 0.3 is 0 Å². The van der Waals surface area contributed by atoms with Gasteiger partial charge in [0, 0.05) is 11.3 Å². The van der Waals surface area contributed by atoms with Gasteiger partial charge in [0.15, 0.2) is 5.69 Å². The zero-order valence-corrected chi connectivity index (χ0v) is 11.3. The Morgan fingerprint density at radius 2 is 2.15 bits per heavy atom. The monoisotopic (exact) mass is 268 g/mol. The van der Waals surface area contributed by atoms with Gasteiger partial charge < -0.3 is 0 Å². The number of carbonyl (C=O) groups is 1. The van der Waals surface area contributed by atoms with E-state index in [1.807, 2.05) is 31.2 Å². The summed E-state index contributed by atoms with van der Waals surface area (Å²) >= 11 is 0. The van der Waals surface area contributed by atoms with E-state index in [9.17, 15) is 4.79 Å². The van der Waals surface area contributed by atoms with Crippen molar-refractivity contribution in [3.63, 3.8) is 0 Å². The fourth-order valence-corrected chi connectivity index (χ4v) is 2.38. The first-order valence-electron chi connectivity index (χ1n) is 6.70. The summed E-state index contributed by atoms with van der Waals surface area (Å²) in [6.07, 6.45) is 4.60. The van der Waals surface area contributed by atoms with Gasteiger partial charge in [-0.25, -0.2) is 5.43 Å². The van der Waals surface area contributed by atoms with Gasteiger partial charge in [0.2, 0.25) is 0 Å². The minimum atomic E-state index is -0.257. The molecule has 0 unspecified atom stereocenters. The van der Waals surface area contributed by atoms with Gasteiger partial charge in [0.25, 0.3) is 5.91 Å². The molecule has 1 aliphatic carbocycles. The van der Waals surface area contributed by atoms with Crippen molar-refractivity contribution in [2.24, 2.45) is 5.10 Å². The number of benzene rings is 1. The third kappa shape index (κ3) is 2.47. The van der Waals surface area contributed by atoms with Crippen LogP contribution >= 0.6 is 0 Å². The number of fused-ring (bicyclic) bond motifs is 1. The molecule has 0 bridgehead atoms. The molecule has 20 heavy (non-hydrogen) atoms. The summed E-state index contributed by atoms with van der Waals surface area (Å²) in [5.74, 6) is -0.257. The molecule has 0 saturated heterocycles. The van der Waals surface area contributed by atoms with Crippen molar-refractivity contribution in [1.29, 1.82) is 0 Å². The van der Waals surface area contributed by atoms with Crippen molar-refractivity contribution < 1.29 is 4.79 Å². The van der Waals surface area contributed by atoms with Crippen molar-refractivity contribution in [3.8, 4) is 0 Å². The molecule has 2 N–H and O–H groups in total. The fraction of sp³-hybridized carbons (Fsp3) is 0.267. The molecule has 1 amide bonds. The average Bonchev–Trinajstić information content (AvgIpc) is 3.03. The number of hydrogen-bond acceptors (Lipinski definition) is 3. The smallest absolute Gasteiger partial charge is 0.281 e. The van der Waals surface area contributed by atoms with Crippen LogP contribution in [0.15, 0.2) is 29.4 Å². The van der Waals surface area contributed by atoms with Crippen molar-refractivity contribution >= 4 is 12.1 Å². The fourth-order valence-electron chi connectivity index (χ4n) is 2.38. The number of aromatic amines is 1. The summed E-state index contributed by atoms with van der Waals surface area (Å²) in [6, 6.07) is 7.92. The number of hydrazone groups is 1. The Hall–Kier alpha value is -2.43. The molecule has 1 aliphatic rings. The minimum Gasteiger partial charge on any atom is -0.281 e. The number of nitrogens with zero attached hydrogens (tertiary/aromatic N) is 2. The lowest BCUT2D eigenvalue weighted by Gasteiger charge is -1.98. The van der Waals surface area contributed by atoms with E-state index in [-0.39, 0.29) is 5.91 Å². The van der Waals surface area contributed by atoms with E-state index in [4.69, 9.17) is 0 Å². The minimum absolute atomic E-state index is 0.257. The molecule has 0 saturated carbocycles. The van der Waals surface area contributed by atoms with Crippen LogP contribution in [0.25, 0.3) is 0 Å². The van der Waals surface area contributed by atoms with Crippen LogP contribution in [0, 0.1) is 6.92 Å². The van der Waals surface area contributed by atoms with Crippen LogP contribution in [0.4, 0.5) is 0 Å². The third-order valence-corrected chi connectivity index (χ3v) is 3.48. The molecule has 0 aliphatic heterocycles. The van der Waals surface area contributed by atoms with E-state index in [1.165, 1.54) is 5.56 Å². The highest BCUT2D eigenvalue weighted by molar-refractivity contribution is 5.94. The van der Waals surface area contributed by atoms with E-state index in [2.05, 4.69) is 20.7 Å². The Kier molecular flexibility index (Phi) is 3.33. The first-order chi connectivity index (χ1) is 9.74. The number of nitrogens with one attached hydrogen (secondary N) is 2. The number of amides is 1. The topological polar surface area (TPSA) is 70.1 Å². The molecule has 5 nitrogen and oxygen atoms in total. The maximum atomic E-state index is 12.0. The normalized spacial score (nSPS) is 13.7. The summed E-state index contributed by atoms with van der Waals surface area (Å²) in [5, 5.41) is 11.0. The number of aryl methyl sites for hydroxylation is 2. The quantitative estimate of drug-likeness (QED) is 0.660. The van der Waals surface area contributed by atoms with Gasteiger partial charge in [0.1, 0.15) is 0 Å². The number of H-pyrrole nitrogens is 1. The second-order valence-electron chi connectivity index (χ2n) is 4.99. The zero-order valence-electron chi connectivity index (χ0n) is 11.3. The van der Waals surface area contributed by atoms with Crippen LogP contribution in [-0.4, -0.2) is 22.3 Å². The Morgan fingerprint density at radius 3 is 2.95 bits per heavy atom. The van der Waals surface area contributed by atoms with Gasteiger partial charge in [-0.3, -0.25) is 9.89 Å². The highest BCUT2D eigenvalue weighted by Gasteiger charge is 2.22. The van der Waals surface area contributed by atoms with Gasteiger partial charge in [-0.05, 0) is 31.7 Å². The van der Waals surface area contributed by atoms with E-state index >= 15 is 0 Å². The summed E-state index contributed by atoms with van der Waals surface area (Å²) in [6.45, 7) is 2.03. The lowest BCUT2D eigenvalue weighted by molar-refractivity contribution is 0.0949. The number of hydrogen-bond donors (Lipinski definition) is 2. The lowest BCUT2D eigenvalue weighted by atomic mass is 10.2. The zero-order chi connectivity index (χ0) is 13.9. The van der Waals surface area contributed by atoms with Gasteiger partial charge in [-0.15, -0.1) is 0 Å². The molecule has 0 radical (unpaired) electrons. The number of aromatic nitrogens is 2. The molecule has 102 valence electrons. The largest absolute Gasteiger partial charge is 0.292 e. The molecular formula is C15H16N4O. The maximum Gasteiger partial charge on any atom is 0.292 e. The summed E-state index contributed by atoms with van der Waals surface area (Å²) in [5.41, 5.74) is 7.25. The summed E-state index contributed by atoms with van der Waals surface area (Å²) < 4.78 is 0. The van der Waals surface area contributed by atoms with Gasteiger partial charge in [-0.1, -0.05) is 29.8 Å². The predicted octanol–water partition coefficient (Wildman–Crippen LogP) is 1.97. The van der Waals surface area contributed by atoms with Crippen molar-refractivity contribution in [1.82, 2.24) is 15.6 Å². The van der Waals surface area contributed by atoms with Crippen LogP contribution in [0.1, 0.15) is 39.3 Å². The molecule has 0 fully saturated rings. The standard InChI is InChI=1S/C15H16N4O/c1-10-5-7-11(8-6-10)9-16-19-15(20)14-12-3-2-4-13(12)17-18-14/h5-9H,2-4H2,1H3,(H,17,18)(H,19,20)/b16-9+. The number of carbonyl (C=O) groups excluding carboxylic acids is 1. The lowest BCUT2D eigenvalue weighted by Crippen LogP contribution is -2.19. The van der Waals surface area contributed by atoms with Crippen LogP contribution in [0.2, 0.25) is 0 Å². The molecule has 1 aromatic heterocycles. The Labute approximate surface area is 117 Å². The molecular weight excluding hydrogens is 252 g/mol. The first-order valence-corrected chi connectivity index (χ1v) is 6.70. The Balaban J connectivity index is 1.66. The van der Waals surface area contributed by atoms with Crippen LogP contribution in [0.5, 0.6) is 0 Å². The molecule has 0 atom stereocenters. The van der Waals surface area contributed by atoms with E-state index in [0.717, 1.165) is 36.1 Å². The molecule has 2 aromatic rings. The summed E-state index contributed by atoms with van der Waals surface area (Å²) in [4.78, 5) is 12.0. The SMILES string of the molecule is Cc1ccc(/C=N/NC(=O)c2n[nH]c3c2CCC3)cc1. The Morgan fingerprint density at radius 1 is 1.35 bits per heavy atom. The maximum absolute atomic E-state index is 12.0. The predicted molar refractivity (Wildman–Crippen MR) is 76.9 cm³/mol. The van der Waals surface area contributed by atoms with E-state index in [0.29, 0.717) is 5.69 Å². The molecule has 1 heterocycles. The highest BCUT2D eigenvalue weighted by atomic mass is 16.2. The van der Waals surface area contributed by atoms with E-state index in [1.54, 1.807) is 6.21 Å². The highest BCUT2D eigenvalue weighted by Crippen LogP contribution is 2.22. The van der Waals surface area contributed by atoms with Crippen LogP contribution in [0.3, 0.4) is 0 Å². The molecule has 5 heteroatoms. The van der Waals surface area contributed by atoms with Gasteiger partial charge in [-0.2, -0.15) is 10.2 Å². The van der Waals surface area contributed by atoms with Crippen molar-refractivity contribution in [3.05, 3.63) is 52.3 Å². The van der Waals surface area contributed by atoms with Crippen LogP contribution < -0.4 is 5.43 Å². The first kappa shape index (κ1) is 12.6. The molecule has 3 rings (SSSR count). The van der Waals surface area contributed by atoms with Crippen LogP contribution in [-0.2, 0) is 12.8 Å². The average molecular weight is 268 g/mol. The van der Waals surface area contributed by atoms with Crippen molar-refractivity contribution in [2.45, 2.75) is 26.2 Å². The number of rotatable bonds is 3. The van der Waals surface area contributed by atoms with E-state index < -0.39 is 0 Å². The third-order valence-electron chi connectivity index (χ3n) is 3.48. The molecule has 0 spiro atoms. The Bertz CT molecular complexity index is 655. The summed E-state index contributed by atoms with van der Waals surface area (Å²) in [7, 11) is 0. The second-order valence-corrected chi connectivity index (χ2v) is 4.99. The molecule has 1 aromatic carbocycles.